The largest absolute Gasteiger partial charge is 0.492 e. The van der Waals surface area contributed by atoms with Crippen molar-refractivity contribution in [1.82, 2.24) is 15.5 Å². The number of aliphatic imine (C=N–C) groups is 1. The molecule has 1 aliphatic heterocycles. The standard InChI is InChI=1S/C25H35FN4O2.HI/c1-3-27-25(29-19-21-8-4-5-10-24(21)26)28-18-20-7-6-9-23(17-20)32-16-13-30(2)22-11-14-31-15-12-22;/h4-10,17,22H,3,11-16,18-19H2,1-2H3,(H2,27,28,29);1H. The van der Waals surface area contributed by atoms with E-state index in [0.717, 1.165) is 50.5 Å². The summed E-state index contributed by atoms with van der Waals surface area (Å²) < 4.78 is 25.3. The molecular formula is C25H36FIN4O2. The van der Waals surface area contributed by atoms with Crippen LogP contribution in [0.15, 0.2) is 53.5 Å². The van der Waals surface area contributed by atoms with Gasteiger partial charge < -0.3 is 20.1 Å². The van der Waals surface area contributed by atoms with Crippen LogP contribution >= 0.6 is 24.0 Å². The Morgan fingerprint density at radius 3 is 2.70 bits per heavy atom. The highest BCUT2D eigenvalue weighted by Crippen LogP contribution is 2.16. The third kappa shape index (κ3) is 9.46. The third-order valence-corrected chi connectivity index (χ3v) is 5.59. The predicted octanol–water partition coefficient (Wildman–Crippen LogP) is 4.19. The molecule has 8 heteroatoms. The Morgan fingerprint density at radius 2 is 1.94 bits per heavy atom. The van der Waals surface area contributed by atoms with Gasteiger partial charge in [0.05, 0.1) is 6.54 Å². The van der Waals surface area contributed by atoms with Crippen molar-refractivity contribution in [3.8, 4) is 5.75 Å². The minimum absolute atomic E-state index is 0. The SMILES string of the molecule is CCNC(=NCc1cccc(OCCN(C)C2CCOCC2)c1)NCc1ccccc1F.I. The van der Waals surface area contributed by atoms with Crippen molar-refractivity contribution in [3.05, 3.63) is 65.5 Å². The molecule has 1 saturated heterocycles. The van der Waals surface area contributed by atoms with Crippen LogP contribution in [0.2, 0.25) is 0 Å². The smallest absolute Gasteiger partial charge is 0.191 e. The number of hydrogen-bond acceptors (Lipinski definition) is 4. The second kappa shape index (κ2) is 15.1. The Bertz CT molecular complexity index is 862. The van der Waals surface area contributed by atoms with Crippen molar-refractivity contribution in [2.45, 2.75) is 38.9 Å². The van der Waals surface area contributed by atoms with E-state index in [2.05, 4.69) is 27.6 Å². The molecule has 1 aliphatic rings. The highest BCUT2D eigenvalue weighted by atomic mass is 127. The van der Waals surface area contributed by atoms with Crippen molar-refractivity contribution in [2.24, 2.45) is 4.99 Å². The van der Waals surface area contributed by atoms with Gasteiger partial charge in [-0.05, 0) is 50.6 Å². The third-order valence-electron chi connectivity index (χ3n) is 5.59. The Balaban J connectivity index is 0.00000385. The van der Waals surface area contributed by atoms with Crippen LogP contribution in [-0.4, -0.2) is 56.9 Å². The molecule has 3 rings (SSSR count). The minimum Gasteiger partial charge on any atom is -0.492 e. The molecule has 2 aromatic rings. The molecule has 2 N–H and O–H groups in total. The monoisotopic (exact) mass is 570 g/mol. The summed E-state index contributed by atoms with van der Waals surface area (Å²) in [7, 11) is 2.15. The molecule has 0 saturated carbocycles. The first-order valence-electron chi connectivity index (χ1n) is 11.4. The Kier molecular flexibility index (Phi) is 12.5. The molecule has 1 fully saturated rings. The van der Waals surface area contributed by atoms with Crippen LogP contribution in [0.5, 0.6) is 5.75 Å². The summed E-state index contributed by atoms with van der Waals surface area (Å²) in [6.07, 6.45) is 2.17. The van der Waals surface area contributed by atoms with Crippen LogP contribution < -0.4 is 15.4 Å². The van der Waals surface area contributed by atoms with Crippen molar-refractivity contribution in [2.75, 3.05) is 40.0 Å². The number of nitrogens with one attached hydrogen (secondary N) is 2. The van der Waals surface area contributed by atoms with Gasteiger partial charge in [0.25, 0.3) is 0 Å². The van der Waals surface area contributed by atoms with Crippen LogP contribution in [0.25, 0.3) is 0 Å². The Labute approximate surface area is 214 Å². The van der Waals surface area contributed by atoms with E-state index in [4.69, 9.17) is 9.47 Å². The second-order valence-electron chi connectivity index (χ2n) is 7.96. The first-order valence-corrected chi connectivity index (χ1v) is 11.4. The van der Waals surface area contributed by atoms with E-state index >= 15 is 0 Å². The van der Waals surface area contributed by atoms with Gasteiger partial charge >= 0.3 is 0 Å². The second-order valence-corrected chi connectivity index (χ2v) is 7.96. The summed E-state index contributed by atoms with van der Waals surface area (Å²) in [5.41, 5.74) is 1.67. The molecule has 0 unspecified atom stereocenters. The molecule has 1 heterocycles. The molecule has 0 spiro atoms. The van der Waals surface area contributed by atoms with Gasteiger partial charge in [-0.25, -0.2) is 9.38 Å². The lowest BCUT2D eigenvalue weighted by Gasteiger charge is -2.31. The summed E-state index contributed by atoms with van der Waals surface area (Å²) in [5.74, 6) is 1.28. The molecule has 0 aliphatic carbocycles. The van der Waals surface area contributed by atoms with Gasteiger partial charge in [-0.1, -0.05) is 30.3 Å². The summed E-state index contributed by atoms with van der Waals surface area (Å²) in [6.45, 7) is 6.85. The maximum Gasteiger partial charge on any atom is 0.191 e. The van der Waals surface area contributed by atoms with E-state index in [1.165, 1.54) is 6.07 Å². The van der Waals surface area contributed by atoms with E-state index in [-0.39, 0.29) is 29.8 Å². The number of rotatable bonds is 10. The molecular weight excluding hydrogens is 534 g/mol. The number of guanidine groups is 1. The van der Waals surface area contributed by atoms with Crippen LogP contribution in [0, 0.1) is 5.82 Å². The van der Waals surface area contributed by atoms with Gasteiger partial charge in [0.1, 0.15) is 18.2 Å². The molecule has 33 heavy (non-hydrogen) atoms. The van der Waals surface area contributed by atoms with Crippen molar-refractivity contribution >= 4 is 29.9 Å². The lowest BCUT2D eigenvalue weighted by Crippen LogP contribution is -2.38. The minimum atomic E-state index is -0.219. The van der Waals surface area contributed by atoms with Crippen LogP contribution in [0.4, 0.5) is 4.39 Å². The topological polar surface area (TPSA) is 58.1 Å². The molecule has 0 bridgehead atoms. The molecule has 6 nitrogen and oxygen atoms in total. The zero-order chi connectivity index (χ0) is 22.6. The summed E-state index contributed by atoms with van der Waals surface area (Å²) >= 11 is 0. The summed E-state index contributed by atoms with van der Waals surface area (Å²) in [5, 5.41) is 6.40. The van der Waals surface area contributed by atoms with Crippen molar-refractivity contribution in [1.29, 1.82) is 0 Å². The van der Waals surface area contributed by atoms with Crippen LogP contribution in [0.3, 0.4) is 0 Å². The van der Waals surface area contributed by atoms with Crippen molar-refractivity contribution in [3.63, 3.8) is 0 Å². The van der Waals surface area contributed by atoms with Crippen LogP contribution in [-0.2, 0) is 17.8 Å². The maximum absolute atomic E-state index is 13.9. The zero-order valence-corrected chi connectivity index (χ0v) is 21.9. The lowest BCUT2D eigenvalue weighted by molar-refractivity contribution is 0.0392. The maximum atomic E-state index is 13.9. The van der Waals surface area contributed by atoms with E-state index < -0.39 is 0 Å². The number of hydrogen-bond donors (Lipinski definition) is 2. The Morgan fingerprint density at radius 1 is 1.15 bits per heavy atom. The van der Waals surface area contributed by atoms with Gasteiger partial charge in [-0.2, -0.15) is 0 Å². The fourth-order valence-corrected chi connectivity index (χ4v) is 3.68. The van der Waals surface area contributed by atoms with E-state index in [9.17, 15) is 4.39 Å². The first kappa shape index (κ1) is 27.3. The highest BCUT2D eigenvalue weighted by Gasteiger charge is 2.17. The number of likely N-dealkylation sites (N-methyl/N-ethyl adjacent to an activating group) is 1. The number of benzene rings is 2. The molecule has 0 aromatic heterocycles. The lowest BCUT2D eigenvalue weighted by atomic mass is 10.1. The summed E-state index contributed by atoms with van der Waals surface area (Å²) in [6, 6.07) is 15.4. The fraction of sp³-hybridized carbons (Fsp3) is 0.480. The Hall–Kier alpha value is -1.91. The van der Waals surface area contributed by atoms with Crippen LogP contribution in [0.1, 0.15) is 30.9 Å². The van der Waals surface area contributed by atoms with E-state index in [1.807, 2.05) is 37.3 Å². The number of ether oxygens (including phenoxy) is 2. The quantitative estimate of drug-likeness (QED) is 0.255. The van der Waals surface area contributed by atoms with E-state index in [1.54, 1.807) is 12.1 Å². The number of halogens is 2. The molecule has 0 radical (unpaired) electrons. The number of nitrogens with zero attached hydrogens (tertiary/aromatic N) is 2. The predicted molar refractivity (Wildman–Crippen MR) is 142 cm³/mol. The van der Waals surface area contributed by atoms with Gasteiger partial charge in [0, 0.05) is 44.5 Å². The van der Waals surface area contributed by atoms with Crippen molar-refractivity contribution < 1.29 is 13.9 Å². The van der Waals surface area contributed by atoms with Gasteiger partial charge in [0.2, 0.25) is 0 Å². The summed E-state index contributed by atoms with van der Waals surface area (Å²) in [4.78, 5) is 7.00. The molecule has 0 amide bonds. The average Bonchev–Trinajstić information content (AvgIpc) is 2.82. The van der Waals surface area contributed by atoms with Gasteiger partial charge in [-0.3, -0.25) is 4.90 Å². The molecule has 2 aromatic carbocycles. The zero-order valence-electron chi connectivity index (χ0n) is 19.6. The fourth-order valence-electron chi connectivity index (χ4n) is 3.68. The highest BCUT2D eigenvalue weighted by molar-refractivity contribution is 14.0. The van der Waals surface area contributed by atoms with Gasteiger partial charge in [-0.15, -0.1) is 24.0 Å². The first-order chi connectivity index (χ1) is 15.7. The molecule has 0 atom stereocenters. The normalized spacial score (nSPS) is 14.6. The van der Waals surface area contributed by atoms with E-state index in [0.29, 0.717) is 37.3 Å². The molecule has 182 valence electrons. The average molecular weight is 570 g/mol. The van der Waals surface area contributed by atoms with Gasteiger partial charge in [0.15, 0.2) is 5.96 Å².